The monoisotopic (exact) mass is 438 g/mol. The molecule has 2 heterocycles. The smallest absolute Gasteiger partial charge is 0.191 e. The highest BCUT2D eigenvalue weighted by atomic mass is 16.5. The minimum absolute atomic E-state index is 0.104. The van der Waals surface area contributed by atoms with Gasteiger partial charge in [0.2, 0.25) is 0 Å². The molecule has 0 saturated carbocycles. The number of hydrogen-bond donors (Lipinski definition) is 2. The number of hydrogen-bond acceptors (Lipinski definition) is 5. The molecule has 0 radical (unpaired) electrons. The number of fused-ring (bicyclic) bond motifs is 1. The number of piperidine rings is 1. The third kappa shape index (κ3) is 5.39. The first-order chi connectivity index (χ1) is 15.7. The molecule has 0 bridgehead atoms. The Kier molecular flexibility index (Phi) is 7.24. The average Bonchev–Trinajstić information content (AvgIpc) is 3.26. The summed E-state index contributed by atoms with van der Waals surface area (Å²) in [5.41, 5.74) is 2.41. The Morgan fingerprint density at radius 1 is 1.09 bits per heavy atom. The maximum atomic E-state index is 6.04. The van der Waals surface area contributed by atoms with Crippen LogP contribution in [0.25, 0.3) is 0 Å². The van der Waals surface area contributed by atoms with Crippen LogP contribution in [0.4, 0.5) is 5.69 Å². The zero-order valence-electron chi connectivity index (χ0n) is 19.3. The highest BCUT2D eigenvalue weighted by Crippen LogP contribution is 2.30. The number of ether oxygens (including phenoxy) is 3. The molecule has 32 heavy (non-hydrogen) atoms. The summed E-state index contributed by atoms with van der Waals surface area (Å²) < 4.78 is 16.9. The van der Waals surface area contributed by atoms with Gasteiger partial charge in [-0.25, -0.2) is 4.99 Å². The van der Waals surface area contributed by atoms with Gasteiger partial charge in [0.15, 0.2) is 5.96 Å². The SMILES string of the molecule is CCNC(=NCC1Cc2ccccc2O1)NC1CCN(c2cc(OC)cc(OC)c2)CC1. The molecule has 7 heteroatoms. The van der Waals surface area contributed by atoms with Crippen molar-refractivity contribution in [3.8, 4) is 17.2 Å². The van der Waals surface area contributed by atoms with E-state index in [1.165, 1.54) is 5.56 Å². The van der Waals surface area contributed by atoms with Crippen LogP contribution in [-0.4, -0.2) is 58.5 Å². The summed E-state index contributed by atoms with van der Waals surface area (Å²) in [6.45, 7) is 5.51. The summed E-state index contributed by atoms with van der Waals surface area (Å²) >= 11 is 0. The van der Waals surface area contributed by atoms with E-state index in [0.29, 0.717) is 12.6 Å². The van der Waals surface area contributed by atoms with Crippen LogP contribution in [-0.2, 0) is 6.42 Å². The summed E-state index contributed by atoms with van der Waals surface area (Å²) in [4.78, 5) is 7.20. The first-order valence-corrected chi connectivity index (χ1v) is 11.5. The van der Waals surface area contributed by atoms with Crippen molar-refractivity contribution in [2.45, 2.75) is 38.3 Å². The maximum Gasteiger partial charge on any atom is 0.191 e. The van der Waals surface area contributed by atoms with Crippen molar-refractivity contribution >= 4 is 11.6 Å². The molecule has 1 unspecified atom stereocenters. The van der Waals surface area contributed by atoms with Gasteiger partial charge in [0.05, 0.1) is 20.8 Å². The van der Waals surface area contributed by atoms with Gasteiger partial charge in [-0.05, 0) is 31.4 Å². The summed E-state index contributed by atoms with van der Waals surface area (Å²) in [6.07, 6.45) is 3.10. The molecule has 172 valence electrons. The van der Waals surface area contributed by atoms with Crippen molar-refractivity contribution < 1.29 is 14.2 Å². The van der Waals surface area contributed by atoms with E-state index in [4.69, 9.17) is 19.2 Å². The lowest BCUT2D eigenvalue weighted by atomic mass is 10.0. The molecular weight excluding hydrogens is 404 g/mol. The first-order valence-electron chi connectivity index (χ1n) is 11.5. The summed E-state index contributed by atoms with van der Waals surface area (Å²) in [5, 5.41) is 7.01. The second-order valence-corrected chi connectivity index (χ2v) is 8.25. The lowest BCUT2D eigenvalue weighted by Gasteiger charge is -2.35. The lowest BCUT2D eigenvalue weighted by Crippen LogP contribution is -2.49. The van der Waals surface area contributed by atoms with E-state index >= 15 is 0 Å². The molecule has 7 nitrogen and oxygen atoms in total. The highest BCUT2D eigenvalue weighted by Gasteiger charge is 2.23. The topological polar surface area (TPSA) is 67.4 Å². The molecule has 0 aliphatic carbocycles. The fourth-order valence-electron chi connectivity index (χ4n) is 4.32. The fourth-order valence-corrected chi connectivity index (χ4v) is 4.32. The lowest BCUT2D eigenvalue weighted by molar-refractivity contribution is 0.241. The Balaban J connectivity index is 1.31. The average molecular weight is 439 g/mol. The maximum absolute atomic E-state index is 6.04. The number of nitrogens with zero attached hydrogens (tertiary/aromatic N) is 2. The van der Waals surface area contributed by atoms with Crippen LogP contribution in [0.2, 0.25) is 0 Å². The number of rotatable bonds is 7. The van der Waals surface area contributed by atoms with E-state index in [1.807, 2.05) is 18.2 Å². The minimum Gasteiger partial charge on any atom is -0.497 e. The zero-order valence-corrected chi connectivity index (χ0v) is 19.3. The van der Waals surface area contributed by atoms with Gasteiger partial charge in [0, 0.05) is 56.0 Å². The van der Waals surface area contributed by atoms with E-state index in [1.54, 1.807) is 14.2 Å². The predicted molar refractivity (Wildman–Crippen MR) is 128 cm³/mol. The van der Waals surface area contributed by atoms with Gasteiger partial charge < -0.3 is 29.7 Å². The summed E-state index contributed by atoms with van der Waals surface area (Å²) in [6, 6.07) is 14.7. The second kappa shape index (κ2) is 10.5. The minimum atomic E-state index is 0.104. The molecule has 0 amide bonds. The molecule has 2 aliphatic rings. The summed E-state index contributed by atoms with van der Waals surface area (Å²) in [7, 11) is 3.37. The van der Waals surface area contributed by atoms with Gasteiger partial charge in [-0.1, -0.05) is 18.2 Å². The standard InChI is InChI=1S/C25H34N4O3/c1-4-26-25(27-17-23-13-18-7-5-6-8-24(18)32-23)28-19-9-11-29(12-10-19)20-14-21(30-2)16-22(15-20)31-3/h5-8,14-16,19,23H,4,9-13,17H2,1-3H3,(H2,26,27,28). The van der Waals surface area contributed by atoms with Gasteiger partial charge >= 0.3 is 0 Å². The van der Waals surface area contributed by atoms with E-state index in [-0.39, 0.29) is 6.10 Å². The van der Waals surface area contributed by atoms with E-state index in [2.05, 4.69) is 46.7 Å². The molecule has 4 rings (SSSR count). The van der Waals surface area contributed by atoms with Crippen molar-refractivity contribution in [1.29, 1.82) is 0 Å². The van der Waals surface area contributed by atoms with Gasteiger partial charge in [0.25, 0.3) is 0 Å². The second-order valence-electron chi connectivity index (χ2n) is 8.25. The van der Waals surface area contributed by atoms with Crippen LogP contribution in [0.15, 0.2) is 47.5 Å². The number of methoxy groups -OCH3 is 2. The van der Waals surface area contributed by atoms with Gasteiger partial charge in [-0.15, -0.1) is 0 Å². The number of nitrogens with one attached hydrogen (secondary N) is 2. The Morgan fingerprint density at radius 2 is 1.81 bits per heavy atom. The molecule has 2 N–H and O–H groups in total. The zero-order chi connectivity index (χ0) is 22.3. The largest absolute Gasteiger partial charge is 0.497 e. The van der Waals surface area contributed by atoms with Gasteiger partial charge in [0.1, 0.15) is 23.4 Å². The molecule has 0 aromatic heterocycles. The predicted octanol–water partition coefficient (Wildman–Crippen LogP) is 3.23. The van der Waals surface area contributed by atoms with E-state index in [0.717, 1.165) is 67.8 Å². The number of benzene rings is 2. The Labute approximate surface area is 190 Å². The Morgan fingerprint density at radius 3 is 2.47 bits per heavy atom. The third-order valence-corrected chi connectivity index (χ3v) is 6.05. The number of para-hydroxylation sites is 1. The Hall–Kier alpha value is -3.09. The van der Waals surface area contributed by atoms with Gasteiger partial charge in [-0.3, -0.25) is 0 Å². The first kappa shape index (κ1) is 22.1. The van der Waals surface area contributed by atoms with Crippen LogP contribution in [0.1, 0.15) is 25.3 Å². The molecule has 2 aliphatic heterocycles. The molecule has 1 atom stereocenters. The molecular formula is C25H34N4O3. The quantitative estimate of drug-likeness (QED) is 0.511. The van der Waals surface area contributed by atoms with Crippen LogP contribution >= 0.6 is 0 Å². The molecule has 2 aromatic rings. The van der Waals surface area contributed by atoms with Crippen molar-refractivity contribution in [2.75, 3.05) is 45.3 Å². The third-order valence-electron chi connectivity index (χ3n) is 6.05. The van der Waals surface area contributed by atoms with Gasteiger partial charge in [-0.2, -0.15) is 0 Å². The Bertz CT molecular complexity index is 878. The van der Waals surface area contributed by atoms with Crippen LogP contribution in [0.5, 0.6) is 17.2 Å². The number of aliphatic imine (C=N–C) groups is 1. The normalized spacial score (nSPS) is 18.7. The van der Waals surface area contributed by atoms with Crippen molar-refractivity contribution in [3.63, 3.8) is 0 Å². The fraction of sp³-hybridized carbons (Fsp3) is 0.480. The molecule has 1 fully saturated rings. The van der Waals surface area contributed by atoms with E-state index < -0.39 is 0 Å². The van der Waals surface area contributed by atoms with Crippen LogP contribution in [0.3, 0.4) is 0 Å². The van der Waals surface area contributed by atoms with Crippen LogP contribution in [0, 0.1) is 0 Å². The number of anilines is 1. The summed E-state index contributed by atoms with van der Waals surface area (Å²) in [5.74, 6) is 3.50. The molecule has 2 aromatic carbocycles. The van der Waals surface area contributed by atoms with E-state index in [9.17, 15) is 0 Å². The van der Waals surface area contributed by atoms with Crippen molar-refractivity contribution in [2.24, 2.45) is 4.99 Å². The molecule has 0 spiro atoms. The molecule has 1 saturated heterocycles. The van der Waals surface area contributed by atoms with Crippen molar-refractivity contribution in [3.05, 3.63) is 48.0 Å². The van der Waals surface area contributed by atoms with Crippen LogP contribution < -0.4 is 29.7 Å². The number of guanidine groups is 1. The highest BCUT2D eigenvalue weighted by molar-refractivity contribution is 5.80. The van der Waals surface area contributed by atoms with Crippen molar-refractivity contribution in [1.82, 2.24) is 10.6 Å².